The summed E-state index contributed by atoms with van der Waals surface area (Å²) in [5, 5.41) is 3.27. The molecule has 4 nitrogen and oxygen atoms in total. The zero-order valence-corrected chi connectivity index (χ0v) is 12.9. The molecule has 2 fully saturated rings. The molecule has 1 aromatic rings. The number of para-hydroxylation sites is 1. The molecule has 0 amide bonds. The minimum Gasteiger partial charge on any atom is -0.369 e. The second-order valence-electron chi connectivity index (χ2n) is 5.68. The van der Waals surface area contributed by atoms with Gasteiger partial charge >= 0.3 is 0 Å². The van der Waals surface area contributed by atoms with Crippen molar-refractivity contribution in [1.29, 1.82) is 0 Å². The highest BCUT2D eigenvalue weighted by atomic mass is 15.2. The first kappa shape index (κ1) is 15.3. The van der Waals surface area contributed by atoms with E-state index in [9.17, 15) is 0 Å². The van der Waals surface area contributed by atoms with Crippen molar-refractivity contribution in [2.75, 3.05) is 71.4 Å². The minimum absolute atomic E-state index is 1.15. The third-order valence-electron chi connectivity index (χ3n) is 3.97. The predicted octanol–water partition coefficient (Wildman–Crippen LogP) is 0.960. The molecule has 2 aliphatic rings. The average molecular weight is 276 g/mol. The molecule has 0 bridgehead atoms. The van der Waals surface area contributed by atoms with Gasteiger partial charge in [0.1, 0.15) is 0 Å². The number of hydrogen-bond donors (Lipinski definition) is 1. The van der Waals surface area contributed by atoms with E-state index in [0.29, 0.717) is 0 Å². The van der Waals surface area contributed by atoms with E-state index in [1.165, 1.54) is 31.9 Å². The van der Waals surface area contributed by atoms with Crippen molar-refractivity contribution in [3.63, 3.8) is 0 Å². The molecule has 1 N–H and O–H groups in total. The van der Waals surface area contributed by atoms with Gasteiger partial charge in [-0.05, 0) is 26.2 Å². The lowest BCUT2D eigenvalue weighted by atomic mass is 10.2. The lowest BCUT2D eigenvalue weighted by Crippen LogP contribution is -2.44. The Morgan fingerprint density at radius 3 is 1.80 bits per heavy atom. The monoisotopic (exact) mass is 276 g/mol. The van der Waals surface area contributed by atoms with Gasteiger partial charge in [-0.1, -0.05) is 18.2 Å². The lowest BCUT2D eigenvalue weighted by Gasteiger charge is -2.33. The fraction of sp³-hybridized carbons (Fsp3) is 0.625. The molecule has 2 saturated heterocycles. The number of nitrogens with zero attached hydrogens (tertiary/aromatic N) is 3. The lowest BCUT2D eigenvalue weighted by molar-refractivity contribution is 0.291. The largest absolute Gasteiger partial charge is 0.369 e. The molecular weight excluding hydrogens is 248 g/mol. The summed E-state index contributed by atoms with van der Waals surface area (Å²) >= 11 is 0. The molecule has 0 radical (unpaired) electrons. The second kappa shape index (κ2) is 8.25. The molecule has 112 valence electrons. The maximum atomic E-state index is 3.27. The molecule has 0 atom stereocenters. The molecule has 0 aliphatic carbocycles. The third-order valence-corrected chi connectivity index (χ3v) is 3.97. The van der Waals surface area contributed by atoms with E-state index in [2.05, 4.69) is 64.4 Å². The van der Waals surface area contributed by atoms with Crippen LogP contribution in [0.15, 0.2) is 30.3 Å². The van der Waals surface area contributed by atoms with Gasteiger partial charge in [0.2, 0.25) is 0 Å². The number of benzene rings is 1. The molecule has 4 heteroatoms. The maximum Gasteiger partial charge on any atom is 0.0367 e. The molecular formula is C16H28N4. The fourth-order valence-electron chi connectivity index (χ4n) is 2.48. The predicted molar refractivity (Wildman–Crippen MR) is 86.5 cm³/mol. The van der Waals surface area contributed by atoms with E-state index >= 15 is 0 Å². The highest BCUT2D eigenvalue weighted by molar-refractivity contribution is 5.46. The van der Waals surface area contributed by atoms with Crippen LogP contribution in [-0.2, 0) is 0 Å². The number of piperazine rings is 2. The van der Waals surface area contributed by atoms with Gasteiger partial charge in [-0.15, -0.1) is 0 Å². The van der Waals surface area contributed by atoms with Crippen LogP contribution in [0.2, 0.25) is 0 Å². The zero-order valence-electron chi connectivity index (χ0n) is 12.9. The first-order valence-electron chi connectivity index (χ1n) is 7.63. The Morgan fingerprint density at radius 2 is 1.30 bits per heavy atom. The van der Waals surface area contributed by atoms with Gasteiger partial charge in [0, 0.05) is 58.0 Å². The van der Waals surface area contributed by atoms with E-state index in [0.717, 1.165) is 26.2 Å². The van der Waals surface area contributed by atoms with Crippen molar-refractivity contribution in [1.82, 2.24) is 15.1 Å². The highest BCUT2D eigenvalue weighted by Crippen LogP contribution is 2.14. The van der Waals surface area contributed by atoms with Crippen LogP contribution in [0.25, 0.3) is 0 Å². The number of nitrogens with one attached hydrogen (secondary N) is 1. The number of likely N-dealkylation sites (N-methyl/N-ethyl adjacent to an activating group) is 2. The molecule has 0 spiro atoms. The molecule has 0 unspecified atom stereocenters. The van der Waals surface area contributed by atoms with Crippen LogP contribution in [0, 0.1) is 0 Å². The van der Waals surface area contributed by atoms with Crippen molar-refractivity contribution in [2.24, 2.45) is 0 Å². The van der Waals surface area contributed by atoms with Gasteiger partial charge in [0.25, 0.3) is 0 Å². The summed E-state index contributed by atoms with van der Waals surface area (Å²) in [4.78, 5) is 7.15. The van der Waals surface area contributed by atoms with Crippen molar-refractivity contribution >= 4 is 5.69 Å². The standard InChI is InChI=1S/C11H16N2.C5H12N2/c1-12-7-9-13(10-8-12)11-5-3-2-4-6-11;1-7-4-2-6-3-5-7/h2-6H,7-10H2,1H3;6H,2-5H2,1H3. The second-order valence-corrected chi connectivity index (χ2v) is 5.68. The molecule has 1 aromatic carbocycles. The Hall–Kier alpha value is -1.10. The van der Waals surface area contributed by atoms with Gasteiger partial charge in [0.15, 0.2) is 0 Å². The number of anilines is 1. The molecule has 20 heavy (non-hydrogen) atoms. The van der Waals surface area contributed by atoms with Crippen LogP contribution >= 0.6 is 0 Å². The van der Waals surface area contributed by atoms with E-state index in [1.807, 2.05) is 0 Å². The Kier molecular flexibility index (Phi) is 6.30. The van der Waals surface area contributed by atoms with E-state index in [4.69, 9.17) is 0 Å². The molecule has 2 aliphatic heterocycles. The minimum atomic E-state index is 1.15. The van der Waals surface area contributed by atoms with E-state index in [1.54, 1.807) is 0 Å². The summed E-state index contributed by atoms with van der Waals surface area (Å²) in [7, 11) is 4.34. The molecule has 0 aromatic heterocycles. The highest BCUT2D eigenvalue weighted by Gasteiger charge is 2.13. The van der Waals surface area contributed by atoms with Gasteiger partial charge in [-0.3, -0.25) is 0 Å². The first-order valence-corrected chi connectivity index (χ1v) is 7.63. The average Bonchev–Trinajstić information content (AvgIpc) is 2.50. The summed E-state index contributed by atoms with van der Waals surface area (Å²) in [5.74, 6) is 0. The van der Waals surface area contributed by atoms with Gasteiger partial charge in [-0.25, -0.2) is 0 Å². The topological polar surface area (TPSA) is 21.8 Å². The van der Waals surface area contributed by atoms with Gasteiger partial charge in [-0.2, -0.15) is 0 Å². The normalized spacial score (nSPS) is 21.2. The number of rotatable bonds is 1. The summed E-state index contributed by atoms with van der Waals surface area (Å²) in [6, 6.07) is 10.7. The quantitative estimate of drug-likeness (QED) is 0.825. The Balaban J connectivity index is 0.000000178. The van der Waals surface area contributed by atoms with Crippen LogP contribution in [0.1, 0.15) is 0 Å². The van der Waals surface area contributed by atoms with Crippen LogP contribution in [0.4, 0.5) is 5.69 Å². The van der Waals surface area contributed by atoms with Crippen molar-refractivity contribution in [2.45, 2.75) is 0 Å². The zero-order chi connectivity index (χ0) is 14.2. The molecule has 2 heterocycles. The van der Waals surface area contributed by atoms with Crippen molar-refractivity contribution < 1.29 is 0 Å². The van der Waals surface area contributed by atoms with Crippen LogP contribution < -0.4 is 10.2 Å². The smallest absolute Gasteiger partial charge is 0.0367 e. The summed E-state index contributed by atoms with van der Waals surface area (Å²) in [6.45, 7) is 9.40. The Labute approximate surface area is 123 Å². The summed E-state index contributed by atoms with van der Waals surface area (Å²) in [6.07, 6.45) is 0. The third kappa shape index (κ3) is 5.12. The van der Waals surface area contributed by atoms with Crippen molar-refractivity contribution in [3.8, 4) is 0 Å². The van der Waals surface area contributed by atoms with E-state index < -0.39 is 0 Å². The van der Waals surface area contributed by atoms with Crippen LogP contribution in [0.3, 0.4) is 0 Å². The Morgan fingerprint density at radius 1 is 0.750 bits per heavy atom. The van der Waals surface area contributed by atoms with Crippen molar-refractivity contribution in [3.05, 3.63) is 30.3 Å². The first-order chi connectivity index (χ1) is 9.75. The summed E-state index contributed by atoms with van der Waals surface area (Å²) < 4.78 is 0. The maximum absolute atomic E-state index is 3.27. The fourth-order valence-corrected chi connectivity index (χ4v) is 2.48. The summed E-state index contributed by atoms with van der Waals surface area (Å²) in [5.41, 5.74) is 1.36. The van der Waals surface area contributed by atoms with Crippen LogP contribution in [0.5, 0.6) is 0 Å². The van der Waals surface area contributed by atoms with Gasteiger partial charge < -0.3 is 20.0 Å². The van der Waals surface area contributed by atoms with E-state index in [-0.39, 0.29) is 0 Å². The molecule has 3 rings (SSSR count). The van der Waals surface area contributed by atoms with Crippen LogP contribution in [-0.4, -0.2) is 76.3 Å². The molecule has 0 saturated carbocycles. The SMILES string of the molecule is CN1CCN(c2ccccc2)CC1.CN1CCNCC1. The number of hydrogen-bond acceptors (Lipinski definition) is 4. The van der Waals surface area contributed by atoms with Gasteiger partial charge in [0.05, 0.1) is 0 Å². The Bertz CT molecular complexity index is 354.